The Morgan fingerprint density at radius 1 is 1.26 bits per heavy atom. The minimum Gasteiger partial charge on any atom is -0.328 e. The summed E-state index contributed by atoms with van der Waals surface area (Å²) in [6.45, 7) is 1.10. The summed E-state index contributed by atoms with van der Waals surface area (Å²) in [5.41, 5.74) is -0.0917. The molecule has 3 aromatic heterocycles. The van der Waals surface area contributed by atoms with E-state index in [0.29, 0.717) is 12.2 Å². The Morgan fingerprint density at radius 3 is 2.70 bits per heavy atom. The van der Waals surface area contributed by atoms with E-state index in [9.17, 15) is 14.4 Å². The second-order valence-electron chi connectivity index (χ2n) is 6.60. The highest BCUT2D eigenvalue weighted by molar-refractivity contribution is 5.90. The Balaban J connectivity index is 1.80. The van der Waals surface area contributed by atoms with Crippen LogP contribution in [0.2, 0.25) is 0 Å². The zero-order chi connectivity index (χ0) is 19.7. The highest BCUT2D eigenvalue weighted by Crippen LogP contribution is 2.06. The topological polar surface area (TPSA) is 112 Å². The van der Waals surface area contributed by atoms with Crippen molar-refractivity contribution in [2.45, 2.75) is 13.1 Å². The average molecular weight is 374 g/mol. The smallest absolute Gasteiger partial charge is 0.328 e. The van der Waals surface area contributed by atoms with Crippen LogP contribution in [0, 0.1) is 0 Å². The van der Waals surface area contributed by atoms with Crippen LogP contribution in [0.5, 0.6) is 0 Å². The third-order valence-corrected chi connectivity index (χ3v) is 4.20. The van der Waals surface area contributed by atoms with Crippen LogP contribution in [-0.2, 0) is 32.0 Å². The number of likely N-dealkylation sites (N-methyl/N-ethyl adjacent to an activating group) is 1. The molecule has 3 rings (SSSR count). The van der Waals surface area contributed by atoms with E-state index < -0.39 is 23.7 Å². The molecule has 0 saturated carbocycles. The van der Waals surface area contributed by atoms with Crippen molar-refractivity contribution in [2.24, 2.45) is 14.1 Å². The lowest BCUT2D eigenvalue weighted by atomic mass is 10.4. The molecule has 11 heteroatoms. The first-order valence-electron chi connectivity index (χ1n) is 8.36. The summed E-state index contributed by atoms with van der Waals surface area (Å²) in [6.07, 6.45) is 4.68. The number of nitrogens with zero attached hydrogens (tertiary/aromatic N) is 7. The van der Waals surface area contributed by atoms with Crippen molar-refractivity contribution >= 4 is 22.8 Å². The largest absolute Gasteiger partial charge is 0.332 e. The number of carbonyl (C=O) groups is 1. The van der Waals surface area contributed by atoms with Gasteiger partial charge >= 0.3 is 5.69 Å². The molecule has 1 N–H and O–H groups in total. The molecule has 11 nitrogen and oxygen atoms in total. The first-order chi connectivity index (χ1) is 12.8. The third kappa shape index (κ3) is 3.67. The van der Waals surface area contributed by atoms with Gasteiger partial charge < -0.3 is 14.8 Å². The van der Waals surface area contributed by atoms with Gasteiger partial charge in [0.05, 0.1) is 24.8 Å². The first-order valence-corrected chi connectivity index (χ1v) is 8.36. The molecule has 0 spiro atoms. The maximum Gasteiger partial charge on any atom is 0.332 e. The average Bonchev–Trinajstić information content (AvgIpc) is 3.21. The van der Waals surface area contributed by atoms with Crippen molar-refractivity contribution in [2.75, 3.05) is 26.0 Å². The summed E-state index contributed by atoms with van der Waals surface area (Å²) in [5.74, 6) is -0.483. The van der Waals surface area contributed by atoms with Gasteiger partial charge in [0, 0.05) is 26.8 Å². The van der Waals surface area contributed by atoms with E-state index in [1.54, 1.807) is 17.9 Å². The predicted molar refractivity (Wildman–Crippen MR) is 99.6 cm³/mol. The fraction of sp³-hybridized carbons (Fsp3) is 0.438. The van der Waals surface area contributed by atoms with Gasteiger partial charge in [0.2, 0.25) is 5.91 Å². The molecule has 0 atom stereocenters. The fourth-order valence-corrected chi connectivity index (χ4v) is 2.73. The lowest BCUT2D eigenvalue weighted by Crippen LogP contribution is -2.42. The van der Waals surface area contributed by atoms with Gasteiger partial charge in [-0.05, 0) is 14.1 Å². The van der Waals surface area contributed by atoms with Crippen LogP contribution in [0.3, 0.4) is 0 Å². The van der Waals surface area contributed by atoms with Crippen molar-refractivity contribution < 1.29 is 4.79 Å². The predicted octanol–water partition coefficient (Wildman–Crippen LogP) is -1.17. The fourth-order valence-electron chi connectivity index (χ4n) is 2.73. The molecular formula is C16H22N8O3. The van der Waals surface area contributed by atoms with E-state index in [4.69, 9.17) is 0 Å². The lowest BCUT2D eigenvalue weighted by molar-refractivity contribution is -0.116. The molecule has 0 bridgehead atoms. The minimum absolute atomic E-state index is 0.265. The number of anilines is 1. The molecule has 0 aliphatic heterocycles. The van der Waals surface area contributed by atoms with Gasteiger partial charge in [-0.2, -0.15) is 5.10 Å². The Labute approximate surface area is 154 Å². The summed E-state index contributed by atoms with van der Waals surface area (Å²) < 4.78 is 5.39. The summed E-state index contributed by atoms with van der Waals surface area (Å²) in [7, 11) is 7.10. The van der Waals surface area contributed by atoms with E-state index in [1.165, 1.54) is 28.7 Å². The van der Waals surface area contributed by atoms with Gasteiger partial charge in [-0.25, -0.2) is 14.3 Å². The molecule has 0 radical (unpaired) electrons. The zero-order valence-electron chi connectivity index (χ0n) is 15.7. The van der Waals surface area contributed by atoms with Crippen LogP contribution in [0.15, 0.2) is 28.3 Å². The molecule has 0 aliphatic carbocycles. The van der Waals surface area contributed by atoms with Crippen molar-refractivity contribution in [1.82, 2.24) is 33.4 Å². The van der Waals surface area contributed by atoms with Gasteiger partial charge in [0.25, 0.3) is 5.56 Å². The molecule has 0 aliphatic rings. The molecule has 0 unspecified atom stereocenters. The second-order valence-corrected chi connectivity index (χ2v) is 6.60. The highest BCUT2D eigenvalue weighted by Gasteiger charge is 2.17. The summed E-state index contributed by atoms with van der Waals surface area (Å²) in [6, 6.07) is 0. The molecule has 144 valence electrons. The Bertz CT molecular complexity index is 1100. The zero-order valence-corrected chi connectivity index (χ0v) is 15.7. The summed E-state index contributed by atoms with van der Waals surface area (Å²) in [4.78, 5) is 43.5. The summed E-state index contributed by atoms with van der Waals surface area (Å²) in [5, 5.41) is 6.84. The Kier molecular flexibility index (Phi) is 4.95. The van der Waals surface area contributed by atoms with Crippen molar-refractivity contribution in [1.29, 1.82) is 0 Å². The van der Waals surface area contributed by atoms with Gasteiger partial charge in [0.1, 0.15) is 6.54 Å². The van der Waals surface area contributed by atoms with Crippen LogP contribution in [-0.4, -0.2) is 59.9 Å². The quantitative estimate of drug-likeness (QED) is 0.582. The second kappa shape index (κ2) is 7.19. The number of aryl methyl sites for hydroxylation is 2. The normalized spacial score (nSPS) is 11.4. The van der Waals surface area contributed by atoms with E-state index in [1.807, 2.05) is 19.0 Å². The molecule has 3 aromatic rings. The molecule has 1 amide bonds. The van der Waals surface area contributed by atoms with Crippen molar-refractivity contribution in [3.05, 3.63) is 39.6 Å². The number of carbonyl (C=O) groups excluding carboxylic acids is 1. The molecule has 3 heterocycles. The number of fused-ring (bicyclic) bond motifs is 1. The maximum atomic E-state index is 12.6. The molecule has 0 fully saturated rings. The number of aromatic nitrogens is 6. The minimum atomic E-state index is -0.594. The Morgan fingerprint density at radius 2 is 2.00 bits per heavy atom. The molecular weight excluding hydrogens is 352 g/mol. The SMILES string of the molecule is CN(C)CCn1cc(NC(=O)Cn2c(=O)c3c(ncn3C)n(C)c2=O)cn1. The number of imidazole rings is 1. The number of hydrogen-bond acceptors (Lipinski definition) is 6. The van der Waals surface area contributed by atoms with Crippen LogP contribution in [0.4, 0.5) is 5.69 Å². The molecule has 27 heavy (non-hydrogen) atoms. The number of amides is 1. The van der Waals surface area contributed by atoms with E-state index >= 15 is 0 Å². The molecule has 0 saturated heterocycles. The maximum absolute atomic E-state index is 12.6. The standard InChI is InChI=1S/C16H22N8O3/c1-20(2)5-6-23-8-11(7-18-23)19-12(25)9-24-15(26)13-14(17-10-21(13)3)22(4)16(24)27/h7-8,10H,5-6,9H2,1-4H3,(H,19,25). The van der Waals surface area contributed by atoms with Crippen molar-refractivity contribution in [3.8, 4) is 0 Å². The van der Waals surface area contributed by atoms with Crippen LogP contribution in [0.25, 0.3) is 11.2 Å². The summed E-state index contributed by atoms with van der Waals surface area (Å²) >= 11 is 0. The van der Waals surface area contributed by atoms with Gasteiger partial charge in [-0.1, -0.05) is 0 Å². The molecule has 0 aromatic carbocycles. The Hall–Kier alpha value is -3.21. The van der Waals surface area contributed by atoms with Crippen LogP contribution >= 0.6 is 0 Å². The highest BCUT2D eigenvalue weighted by atomic mass is 16.2. The first kappa shape index (κ1) is 18.6. The number of nitrogens with one attached hydrogen (secondary N) is 1. The number of hydrogen-bond donors (Lipinski definition) is 1. The van der Waals surface area contributed by atoms with Crippen LogP contribution in [0.1, 0.15) is 0 Å². The van der Waals surface area contributed by atoms with Gasteiger partial charge in [-0.3, -0.25) is 18.8 Å². The van der Waals surface area contributed by atoms with E-state index in [0.717, 1.165) is 11.1 Å². The van der Waals surface area contributed by atoms with Gasteiger partial charge in [0.15, 0.2) is 11.2 Å². The van der Waals surface area contributed by atoms with E-state index in [-0.39, 0.29) is 11.2 Å². The monoisotopic (exact) mass is 374 g/mol. The lowest BCUT2D eigenvalue weighted by Gasteiger charge is -2.09. The third-order valence-electron chi connectivity index (χ3n) is 4.20. The van der Waals surface area contributed by atoms with Crippen molar-refractivity contribution in [3.63, 3.8) is 0 Å². The van der Waals surface area contributed by atoms with Crippen LogP contribution < -0.4 is 16.6 Å². The van der Waals surface area contributed by atoms with Gasteiger partial charge in [-0.15, -0.1) is 0 Å². The number of rotatable bonds is 6. The van der Waals surface area contributed by atoms with E-state index in [2.05, 4.69) is 15.4 Å².